The van der Waals surface area contributed by atoms with Gasteiger partial charge in [-0.3, -0.25) is 35.1 Å². The number of hydrogen-bond donors (Lipinski definition) is 1. The normalized spacial score (nSPS) is 10.5. The minimum atomic E-state index is -0.810. The molecule has 0 aliphatic rings. The van der Waals surface area contributed by atoms with Crippen LogP contribution in [0, 0.1) is 30.3 Å². The van der Waals surface area contributed by atoms with Crippen molar-refractivity contribution in [2.24, 2.45) is 0 Å². The number of rotatable bonds is 12. The highest BCUT2D eigenvalue weighted by atomic mass is 16.6. The summed E-state index contributed by atoms with van der Waals surface area (Å²) in [5, 5.41) is 36.9. The number of non-ortho nitro benzene ring substituents is 1. The van der Waals surface area contributed by atoms with E-state index in [1.165, 1.54) is 24.3 Å². The van der Waals surface area contributed by atoms with Crippen molar-refractivity contribution in [2.45, 2.75) is 39.5 Å². The van der Waals surface area contributed by atoms with E-state index >= 15 is 0 Å². The zero-order valence-electron chi connectivity index (χ0n) is 18.4. The molecular formula is C21H25N5O7. The molecule has 0 heterocycles. The summed E-state index contributed by atoms with van der Waals surface area (Å²) >= 11 is 0. The molecule has 0 aliphatic carbocycles. The average Bonchev–Trinajstić information content (AvgIpc) is 2.78. The minimum absolute atomic E-state index is 0.112. The molecule has 176 valence electrons. The Kier molecular flexibility index (Phi) is 8.78. The van der Waals surface area contributed by atoms with Gasteiger partial charge in [0.25, 0.3) is 23.0 Å². The topological polar surface area (TPSA) is 162 Å². The molecule has 2 rings (SSSR count). The number of amides is 1. The first kappa shape index (κ1) is 25.2. The Labute approximate surface area is 189 Å². The maximum absolute atomic E-state index is 12.7. The highest BCUT2D eigenvalue weighted by Gasteiger charge is 2.32. The van der Waals surface area contributed by atoms with Crippen LogP contribution in [-0.4, -0.2) is 33.8 Å². The first-order valence-corrected chi connectivity index (χ1v) is 10.5. The number of hydrogen-bond acceptors (Lipinski definition) is 8. The molecule has 0 atom stereocenters. The fourth-order valence-electron chi connectivity index (χ4n) is 3.24. The molecule has 33 heavy (non-hydrogen) atoms. The van der Waals surface area contributed by atoms with E-state index in [0.29, 0.717) is 25.9 Å². The monoisotopic (exact) mass is 459 g/mol. The smallest absolute Gasteiger partial charge is 0.300 e. The van der Waals surface area contributed by atoms with Crippen LogP contribution in [0.2, 0.25) is 0 Å². The van der Waals surface area contributed by atoms with Crippen LogP contribution in [0.3, 0.4) is 0 Å². The molecule has 0 fully saturated rings. The summed E-state index contributed by atoms with van der Waals surface area (Å²) < 4.78 is 0. The number of nitrogens with zero attached hydrogens (tertiary/aromatic N) is 4. The second-order valence-electron chi connectivity index (χ2n) is 7.33. The van der Waals surface area contributed by atoms with Crippen molar-refractivity contribution in [3.8, 4) is 0 Å². The molecule has 1 amide bonds. The van der Waals surface area contributed by atoms with E-state index in [0.717, 1.165) is 25.0 Å². The zero-order valence-corrected chi connectivity index (χ0v) is 18.4. The first-order chi connectivity index (χ1) is 15.7. The summed E-state index contributed by atoms with van der Waals surface area (Å²) in [6.45, 7) is 4.72. The van der Waals surface area contributed by atoms with Crippen molar-refractivity contribution in [3.05, 3.63) is 72.3 Å². The Morgan fingerprint density at radius 3 is 1.73 bits per heavy atom. The van der Waals surface area contributed by atoms with E-state index in [4.69, 9.17) is 0 Å². The second-order valence-corrected chi connectivity index (χ2v) is 7.33. The molecule has 0 aromatic heterocycles. The number of unbranched alkanes of at least 4 members (excludes halogenated alkanes) is 2. The summed E-state index contributed by atoms with van der Waals surface area (Å²) in [4.78, 5) is 46.7. The summed E-state index contributed by atoms with van der Waals surface area (Å²) in [7, 11) is 0. The lowest BCUT2D eigenvalue weighted by Crippen LogP contribution is -2.27. The fraction of sp³-hybridized carbons (Fsp3) is 0.381. The minimum Gasteiger partial charge on any atom is -0.360 e. The molecule has 0 saturated carbocycles. The van der Waals surface area contributed by atoms with Gasteiger partial charge in [0.2, 0.25) is 0 Å². The van der Waals surface area contributed by atoms with Gasteiger partial charge in [0.1, 0.15) is 0 Å². The Balaban J connectivity index is 2.50. The molecule has 0 bridgehead atoms. The number of benzene rings is 2. The number of nitro groups is 3. The van der Waals surface area contributed by atoms with Gasteiger partial charge in [0.05, 0.1) is 20.3 Å². The van der Waals surface area contributed by atoms with E-state index in [1.807, 2.05) is 13.8 Å². The molecule has 0 aliphatic heterocycles. The number of carbonyl (C=O) groups excluding carboxylic acids is 1. The highest BCUT2D eigenvalue weighted by molar-refractivity contribution is 6.06. The maximum Gasteiger partial charge on any atom is 0.300 e. The maximum atomic E-state index is 12.7. The van der Waals surface area contributed by atoms with Gasteiger partial charge < -0.3 is 10.2 Å². The number of anilines is 2. The molecule has 0 saturated heterocycles. The molecule has 2 aromatic rings. The summed E-state index contributed by atoms with van der Waals surface area (Å²) in [6, 6.07) is 7.00. The Morgan fingerprint density at radius 2 is 1.33 bits per heavy atom. The van der Waals surface area contributed by atoms with Gasteiger partial charge in [0, 0.05) is 43.0 Å². The standard InChI is InChI=1S/C21H25N5O7/c1-3-5-11-23(12-6-4-2)20-18(25(30)31)13-15(14-19(20)26(32)33)21(27)22-16-7-9-17(10-8-16)24(28)29/h7-10,13-14H,3-6,11-12H2,1-2H3,(H,22,27). The average molecular weight is 459 g/mol. The van der Waals surface area contributed by atoms with Crippen molar-refractivity contribution < 1.29 is 19.6 Å². The third-order valence-corrected chi connectivity index (χ3v) is 4.94. The third kappa shape index (κ3) is 6.45. The van der Waals surface area contributed by atoms with Crippen molar-refractivity contribution in [3.63, 3.8) is 0 Å². The van der Waals surface area contributed by atoms with E-state index in [2.05, 4.69) is 5.32 Å². The summed E-state index contributed by atoms with van der Waals surface area (Å²) in [5.74, 6) is -0.810. The second kappa shape index (κ2) is 11.5. The van der Waals surface area contributed by atoms with Crippen LogP contribution >= 0.6 is 0 Å². The number of nitrogens with one attached hydrogen (secondary N) is 1. The van der Waals surface area contributed by atoms with Gasteiger partial charge in [-0.25, -0.2) is 0 Å². The molecule has 0 spiro atoms. The number of nitro benzene ring substituents is 3. The van der Waals surface area contributed by atoms with Crippen LogP contribution in [0.4, 0.5) is 28.4 Å². The Morgan fingerprint density at radius 1 is 0.848 bits per heavy atom. The predicted octanol–water partition coefficient (Wildman–Crippen LogP) is 5.07. The Bertz CT molecular complexity index is 997. The molecule has 12 heteroatoms. The molecule has 0 unspecified atom stereocenters. The molecular weight excluding hydrogens is 434 g/mol. The van der Waals surface area contributed by atoms with Crippen LogP contribution in [0.25, 0.3) is 0 Å². The zero-order chi connectivity index (χ0) is 24.5. The van der Waals surface area contributed by atoms with Crippen molar-refractivity contribution >= 4 is 34.3 Å². The SMILES string of the molecule is CCCCN(CCCC)c1c([N+](=O)[O-])cc(C(=O)Nc2ccc([N+](=O)[O-])cc2)cc1[N+](=O)[O-]. The van der Waals surface area contributed by atoms with Gasteiger partial charge in [-0.05, 0) is 25.0 Å². The number of carbonyl (C=O) groups is 1. The quantitative estimate of drug-likeness (QED) is 0.340. The van der Waals surface area contributed by atoms with Crippen LogP contribution < -0.4 is 10.2 Å². The largest absolute Gasteiger partial charge is 0.360 e. The molecule has 12 nitrogen and oxygen atoms in total. The van der Waals surface area contributed by atoms with E-state index in [1.54, 1.807) is 4.90 Å². The highest BCUT2D eigenvalue weighted by Crippen LogP contribution is 2.39. The van der Waals surface area contributed by atoms with Crippen molar-refractivity contribution in [1.29, 1.82) is 0 Å². The van der Waals surface area contributed by atoms with Crippen LogP contribution in [0.1, 0.15) is 49.9 Å². The first-order valence-electron chi connectivity index (χ1n) is 10.5. The fourth-order valence-corrected chi connectivity index (χ4v) is 3.24. The molecule has 2 aromatic carbocycles. The van der Waals surface area contributed by atoms with Gasteiger partial charge in [-0.1, -0.05) is 26.7 Å². The van der Waals surface area contributed by atoms with Crippen molar-refractivity contribution in [2.75, 3.05) is 23.3 Å². The van der Waals surface area contributed by atoms with Crippen molar-refractivity contribution in [1.82, 2.24) is 0 Å². The lowest BCUT2D eigenvalue weighted by molar-refractivity contribution is -0.392. The van der Waals surface area contributed by atoms with Gasteiger partial charge >= 0.3 is 0 Å². The molecule has 1 N–H and O–H groups in total. The lowest BCUT2D eigenvalue weighted by atomic mass is 10.1. The van der Waals surface area contributed by atoms with E-state index in [-0.39, 0.29) is 22.6 Å². The molecule has 0 radical (unpaired) electrons. The summed E-state index contributed by atoms with van der Waals surface area (Å²) in [6.07, 6.45) is 3.00. The van der Waals surface area contributed by atoms with E-state index < -0.39 is 32.1 Å². The van der Waals surface area contributed by atoms with Crippen LogP contribution in [-0.2, 0) is 0 Å². The van der Waals surface area contributed by atoms with Gasteiger partial charge in [0.15, 0.2) is 5.69 Å². The van der Waals surface area contributed by atoms with Gasteiger partial charge in [-0.2, -0.15) is 0 Å². The Hall–Kier alpha value is -4.09. The third-order valence-electron chi connectivity index (χ3n) is 4.94. The van der Waals surface area contributed by atoms with Crippen LogP contribution in [0.15, 0.2) is 36.4 Å². The van der Waals surface area contributed by atoms with E-state index in [9.17, 15) is 35.1 Å². The van der Waals surface area contributed by atoms with Crippen LogP contribution in [0.5, 0.6) is 0 Å². The summed E-state index contributed by atoms with van der Waals surface area (Å²) in [5.41, 5.74) is -1.40. The van der Waals surface area contributed by atoms with Gasteiger partial charge in [-0.15, -0.1) is 0 Å². The lowest BCUT2D eigenvalue weighted by Gasteiger charge is -2.24. The predicted molar refractivity (Wildman–Crippen MR) is 123 cm³/mol.